The molecular formula is C16H21N3O4. The minimum Gasteiger partial charge on any atom is -0.383 e. The van der Waals surface area contributed by atoms with Crippen molar-refractivity contribution in [2.75, 3.05) is 25.6 Å². The molecule has 1 fully saturated rings. The Kier molecular flexibility index (Phi) is 5.33. The third-order valence-corrected chi connectivity index (χ3v) is 3.91. The van der Waals surface area contributed by atoms with Crippen molar-refractivity contribution in [1.82, 2.24) is 4.90 Å². The minimum atomic E-state index is -0.521. The number of hydrogen-bond donors (Lipinski definition) is 2. The highest BCUT2D eigenvalue weighted by molar-refractivity contribution is 5.98. The van der Waals surface area contributed by atoms with Crippen LogP contribution in [0, 0.1) is 5.92 Å². The molecule has 23 heavy (non-hydrogen) atoms. The third-order valence-electron chi connectivity index (χ3n) is 3.91. The second-order valence-corrected chi connectivity index (χ2v) is 5.68. The standard InChI is InChI=1S/C16H21N3O4/c1-10(9-23-2)19-8-12(7-14(19)20)16(22)18-13-5-3-11(4-6-13)15(17)21/h3-6,10,12H,7-9H2,1-2H3,(H2,17,21)(H,18,22)/t10-,12-/m0/s1. The number of amides is 3. The maximum Gasteiger partial charge on any atom is 0.248 e. The number of anilines is 1. The zero-order valence-electron chi connectivity index (χ0n) is 13.2. The maximum atomic E-state index is 12.3. The summed E-state index contributed by atoms with van der Waals surface area (Å²) in [4.78, 5) is 37.0. The fourth-order valence-electron chi connectivity index (χ4n) is 2.63. The van der Waals surface area contributed by atoms with Gasteiger partial charge in [0.25, 0.3) is 0 Å². The lowest BCUT2D eigenvalue weighted by molar-refractivity contribution is -0.130. The van der Waals surface area contributed by atoms with Gasteiger partial charge in [-0.3, -0.25) is 14.4 Å². The van der Waals surface area contributed by atoms with Crippen LogP contribution in [0.2, 0.25) is 0 Å². The Bertz CT molecular complexity index is 600. The van der Waals surface area contributed by atoms with E-state index in [2.05, 4.69) is 5.32 Å². The Morgan fingerprint density at radius 2 is 2.04 bits per heavy atom. The van der Waals surface area contributed by atoms with E-state index in [0.717, 1.165) is 0 Å². The number of likely N-dealkylation sites (tertiary alicyclic amines) is 1. The summed E-state index contributed by atoms with van der Waals surface area (Å²) < 4.78 is 5.05. The van der Waals surface area contributed by atoms with Gasteiger partial charge in [-0.1, -0.05) is 0 Å². The lowest BCUT2D eigenvalue weighted by atomic mass is 10.1. The maximum absolute atomic E-state index is 12.3. The second kappa shape index (κ2) is 7.23. The van der Waals surface area contributed by atoms with Crippen LogP contribution in [0.25, 0.3) is 0 Å². The average Bonchev–Trinajstić information content (AvgIpc) is 2.90. The second-order valence-electron chi connectivity index (χ2n) is 5.68. The van der Waals surface area contributed by atoms with Gasteiger partial charge in [-0.05, 0) is 31.2 Å². The molecule has 0 spiro atoms. The Labute approximate surface area is 134 Å². The van der Waals surface area contributed by atoms with Gasteiger partial charge >= 0.3 is 0 Å². The highest BCUT2D eigenvalue weighted by Gasteiger charge is 2.36. The van der Waals surface area contributed by atoms with Crippen molar-refractivity contribution in [3.63, 3.8) is 0 Å². The van der Waals surface area contributed by atoms with Crippen molar-refractivity contribution in [1.29, 1.82) is 0 Å². The molecule has 3 amide bonds. The van der Waals surface area contributed by atoms with E-state index in [1.54, 1.807) is 36.3 Å². The topological polar surface area (TPSA) is 102 Å². The predicted octanol–water partition coefficient (Wildman–Crippen LogP) is 0.607. The number of ether oxygens (including phenoxy) is 1. The molecule has 3 N–H and O–H groups in total. The lowest BCUT2D eigenvalue weighted by Crippen LogP contribution is -2.38. The van der Waals surface area contributed by atoms with E-state index in [1.807, 2.05) is 6.92 Å². The molecule has 1 aliphatic heterocycles. The van der Waals surface area contributed by atoms with Crippen LogP contribution in [-0.4, -0.2) is 48.9 Å². The number of nitrogens with two attached hydrogens (primary N) is 1. The summed E-state index contributed by atoms with van der Waals surface area (Å²) in [7, 11) is 1.58. The monoisotopic (exact) mass is 319 g/mol. The highest BCUT2D eigenvalue weighted by atomic mass is 16.5. The largest absolute Gasteiger partial charge is 0.383 e. The number of benzene rings is 1. The van der Waals surface area contributed by atoms with Gasteiger partial charge in [0.15, 0.2) is 0 Å². The normalized spacial score (nSPS) is 18.8. The molecule has 1 aromatic carbocycles. The molecule has 7 heteroatoms. The Morgan fingerprint density at radius 1 is 1.39 bits per heavy atom. The van der Waals surface area contributed by atoms with E-state index in [4.69, 9.17) is 10.5 Å². The fraction of sp³-hybridized carbons (Fsp3) is 0.438. The van der Waals surface area contributed by atoms with Gasteiger partial charge in [0.1, 0.15) is 0 Å². The van der Waals surface area contributed by atoms with Crippen LogP contribution in [0.4, 0.5) is 5.69 Å². The molecule has 124 valence electrons. The molecule has 1 aliphatic rings. The molecule has 1 saturated heterocycles. The van der Waals surface area contributed by atoms with Gasteiger partial charge in [-0.15, -0.1) is 0 Å². The first-order chi connectivity index (χ1) is 10.9. The summed E-state index contributed by atoms with van der Waals surface area (Å²) >= 11 is 0. The Hall–Kier alpha value is -2.41. The molecule has 0 radical (unpaired) electrons. The Morgan fingerprint density at radius 3 is 2.61 bits per heavy atom. The number of hydrogen-bond acceptors (Lipinski definition) is 4. The van der Waals surface area contributed by atoms with Crippen molar-refractivity contribution >= 4 is 23.4 Å². The first kappa shape index (κ1) is 17.0. The van der Waals surface area contributed by atoms with Gasteiger partial charge in [0.2, 0.25) is 17.7 Å². The molecule has 1 aromatic rings. The third kappa shape index (κ3) is 4.07. The number of primary amides is 1. The van der Waals surface area contributed by atoms with Crippen molar-refractivity contribution in [3.8, 4) is 0 Å². The van der Waals surface area contributed by atoms with E-state index in [1.165, 1.54) is 0 Å². The van der Waals surface area contributed by atoms with Gasteiger partial charge in [0, 0.05) is 31.3 Å². The van der Waals surface area contributed by atoms with Crippen molar-refractivity contribution < 1.29 is 19.1 Å². The summed E-state index contributed by atoms with van der Waals surface area (Å²) in [6, 6.07) is 6.26. The van der Waals surface area contributed by atoms with Crippen LogP contribution in [0.15, 0.2) is 24.3 Å². The first-order valence-electron chi connectivity index (χ1n) is 7.41. The molecule has 0 aliphatic carbocycles. The van der Waals surface area contributed by atoms with Crippen LogP contribution in [0.5, 0.6) is 0 Å². The number of methoxy groups -OCH3 is 1. The summed E-state index contributed by atoms with van der Waals surface area (Å²) in [6.45, 7) is 2.72. The van der Waals surface area contributed by atoms with Crippen LogP contribution >= 0.6 is 0 Å². The zero-order chi connectivity index (χ0) is 17.0. The minimum absolute atomic E-state index is 0.0428. The summed E-state index contributed by atoms with van der Waals surface area (Å²) in [5.74, 6) is -1.17. The SMILES string of the molecule is COC[C@H](C)N1C[C@@H](C(=O)Nc2ccc(C(N)=O)cc2)CC1=O. The average molecular weight is 319 g/mol. The van der Waals surface area contributed by atoms with Crippen molar-refractivity contribution in [2.45, 2.75) is 19.4 Å². The van der Waals surface area contributed by atoms with E-state index in [-0.39, 0.29) is 24.3 Å². The molecular weight excluding hydrogens is 298 g/mol. The number of carbonyl (C=O) groups excluding carboxylic acids is 3. The number of nitrogens with zero attached hydrogens (tertiary/aromatic N) is 1. The van der Waals surface area contributed by atoms with Gasteiger partial charge in [-0.25, -0.2) is 0 Å². The summed E-state index contributed by atoms with van der Waals surface area (Å²) in [6.07, 6.45) is 0.194. The molecule has 0 saturated carbocycles. The molecule has 1 heterocycles. The van der Waals surface area contributed by atoms with Gasteiger partial charge in [-0.2, -0.15) is 0 Å². The predicted molar refractivity (Wildman–Crippen MR) is 84.7 cm³/mol. The number of rotatable bonds is 6. The van der Waals surface area contributed by atoms with Crippen LogP contribution < -0.4 is 11.1 Å². The number of nitrogens with one attached hydrogen (secondary N) is 1. The first-order valence-corrected chi connectivity index (χ1v) is 7.41. The zero-order valence-corrected chi connectivity index (χ0v) is 13.2. The number of carbonyl (C=O) groups is 3. The van der Waals surface area contributed by atoms with E-state index < -0.39 is 11.8 Å². The van der Waals surface area contributed by atoms with Gasteiger partial charge in [0.05, 0.1) is 18.6 Å². The highest BCUT2D eigenvalue weighted by Crippen LogP contribution is 2.22. The van der Waals surface area contributed by atoms with Crippen molar-refractivity contribution in [2.24, 2.45) is 11.7 Å². The van der Waals surface area contributed by atoms with E-state index in [0.29, 0.717) is 24.4 Å². The molecule has 0 unspecified atom stereocenters. The van der Waals surface area contributed by atoms with E-state index in [9.17, 15) is 14.4 Å². The fourth-order valence-corrected chi connectivity index (χ4v) is 2.63. The molecule has 0 bridgehead atoms. The lowest BCUT2D eigenvalue weighted by Gasteiger charge is -2.23. The molecule has 2 atom stereocenters. The summed E-state index contributed by atoms with van der Waals surface area (Å²) in [5, 5.41) is 2.76. The molecule has 7 nitrogen and oxygen atoms in total. The van der Waals surface area contributed by atoms with Gasteiger partial charge < -0.3 is 20.7 Å². The quantitative estimate of drug-likeness (QED) is 0.802. The molecule has 2 rings (SSSR count). The Balaban J connectivity index is 1.96. The van der Waals surface area contributed by atoms with Crippen LogP contribution in [0.3, 0.4) is 0 Å². The molecule has 0 aromatic heterocycles. The van der Waals surface area contributed by atoms with Crippen LogP contribution in [-0.2, 0) is 14.3 Å². The summed E-state index contributed by atoms with van der Waals surface area (Å²) in [5.41, 5.74) is 6.11. The smallest absolute Gasteiger partial charge is 0.248 e. The van der Waals surface area contributed by atoms with E-state index >= 15 is 0 Å². The van der Waals surface area contributed by atoms with Crippen LogP contribution in [0.1, 0.15) is 23.7 Å². The van der Waals surface area contributed by atoms with Crippen molar-refractivity contribution in [3.05, 3.63) is 29.8 Å².